The highest BCUT2D eigenvalue weighted by Gasteiger charge is 2.09. The molecule has 402 valence electrons. The maximum Gasteiger partial charge on any atom is 0.320 e. The zero-order valence-electron chi connectivity index (χ0n) is 45.7. The summed E-state index contributed by atoms with van der Waals surface area (Å²) in [4.78, 5) is 36.9. The number of alkyl halides is 1. The van der Waals surface area contributed by atoms with E-state index in [9.17, 15) is 14.4 Å². The van der Waals surface area contributed by atoms with Crippen molar-refractivity contribution in [1.82, 2.24) is 4.90 Å². The third-order valence-electron chi connectivity index (χ3n) is 12.5. The number of carbonyl (C=O) groups is 3. The van der Waals surface area contributed by atoms with Gasteiger partial charge in [-0.05, 0) is 58.7 Å². The largest absolute Gasteiger partial charge is 0.466 e. The second kappa shape index (κ2) is 64.8. The van der Waals surface area contributed by atoms with E-state index in [-0.39, 0.29) is 17.9 Å². The van der Waals surface area contributed by atoms with Gasteiger partial charge in [-0.1, -0.05) is 275 Å². The molecule has 0 aromatic heterocycles. The quantitative estimate of drug-likeness (QED) is 0.0278. The highest BCUT2D eigenvalue weighted by Crippen LogP contribution is 2.15. The van der Waals surface area contributed by atoms with Gasteiger partial charge < -0.3 is 19.9 Å². The van der Waals surface area contributed by atoms with Crippen LogP contribution in [0.15, 0.2) is 0 Å². The molecule has 8 nitrogen and oxygen atoms in total. The molecule has 0 aromatic carbocycles. The van der Waals surface area contributed by atoms with Gasteiger partial charge in [-0.25, -0.2) is 0 Å². The maximum absolute atomic E-state index is 12.1. The van der Waals surface area contributed by atoms with Crippen LogP contribution in [-0.4, -0.2) is 74.6 Å². The van der Waals surface area contributed by atoms with Gasteiger partial charge >= 0.3 is 17.9 Å². The van der Waals surface area contributed by atoms with Crippen LogP contribution in [0, 0.1) is 0 Å². The third kappa shape index (κ3) is 69.1. The van der Waals surface area contributed by atoms with Crippen molar-refractivity contribution in [2.45, 2.75) is 304 Å². The Morgan fingerprint density at radius 3 is 0.925 bits per heavy atom. The number of rotatable bonds is 51. The summed E-state index contributed by atoms with van der Waals surface area (Å²) < 4.78 is 15.8. The lowest BCUT2D eigenvalue weighted by Gasteiger charge is -2.15. The lowest BCUT2D eigenvalue weighted by atomic mass is 10.1. The van der Waals surface area contributed by atoms with E-state index in [1.165, 1.54) is 218 Å². The molecule has 0 saturated carbocycles. The molecule has 0 atom stereocenters. The average Bonchev–Trinajstić information content (AvgIpc) is 3.32. The molecule has 2 N–H and O–H groups in total. The Hall–Kier alpha value is -1.19. The summed E-state index contributed by atoms with van der Waals surface area (Å²) >= 11 is 3.08. The SMILES string of the molecule is CCCCCCCCCCCCCCOC(=O)CBr.CCCCCCCCCCCCCCOC(=O)CCCCCN(C)CC(=O)OCCCCCCCCCCCCCC.CCCCCN. The molecule has 67 heavy (non-hydrogen) atoms. The van der Waals surface area contributed by atoms with E-state index in [2.05, 4.69) is 43.6 Å². The zero-order valence-corrected chi connectivity index (χ0v) is 47.3. The van der Waals surface area contributed by atoms with E-state index in [1.54, 1.807) is 0 Å². The number of hydrogen-bond acceptors (Lipinski definition) is 8. The van der Waals surface area contributed by atoms with Crippen molar-refractivity contribution in [2.75, 3.05) is 51.8 Å². The number of ether oxygens (including phenoxy) is 3. The summed E-state index contributed by atoms with van der Waals surface area (Å²) in [6.07, 6.45) is 54.6. The van der Waals surface area contributed by atoms with Crippen LogP contribution < -0.4 is 5.73 Å². The number of likely N-dealkylation sites (N-methyl/N-ethyl adjacent to an activating group) is 1. The van der Waals surface area contributed by atoms with Crippen molar-refractivity contribution in [3.05, 3.63) is 0 Å². The number of esters is 3. The van der Waals surface area contributed by atoms with Crippen molar-refractivity contribution in [2.24, 2.45) is 5.73 Å². The van der Waals surface area contributed by atoms with Gasteiger partial charge in [0.1, 0.15) is 5.33 Å². The van der Waals surface area contributed by atoms with Crippen molar-refractivity contribution >= 4 is 33.8 Å². The van der Waals surface area contributed by atoms with E-state index < -0.39 is 0 Å². The topological polar surface area (TPSA) is 108 Å². The third-order valence-corrected chi connectivity index (χ3v) is 13.0. The molecule has 0 aliphatic heterocycles. The van der Waals surface area contributed by atoms with Crippen LogP contribution in [0.25, 0.3) is 0 Å². The Morgan fingerprint density at radius 1 is 0.358 bits per heavy atom. The standard InChI is InChI=1S/C37H73NO4.C16H31BrO2.C5H13N/c1-4-6-8-10-12-14-16-18-20-22-24-29-33-41-36(39)31-27-26-28-32-38(3)35-37(40)42-34-30-25-23-21-19-17-15-13-11-9-7-5-2;1-2-3-4-5-6-7-8-9-10-11-12-13-14-19-16(18)15-17;1-2-3-4-5-6/h4-35H2,1-3H3;2-15H2,1H3;2-6H2,1H3. The lowest BCUT2D eigenvalue weighted by molar-refractivity contribution is -0.145. The van der Waals surface area contributed by atoms with Crippen LogP contribution in [0.5, 0.6) is 0 Å². The molecule has 0 amide bonds. The zero-order chi connectivity index (χ0) is 49.8. The first-order valence-electron chi connectivity index (χ1n) is 29.2. The van der Waals surface area contributed by atoms with Crippen molar-refractivity contribution < 1.29 is 28.6 Å². The van der Waals surface area contributed by atoms with Gasteiger partial charge in [0.25, 0.3) is 0 Å². The Labute approximate surface area is 426 Å². The van der Waals surface area contributed by atoms with Gasteiger partial charge in [-0.3, -0.25) is 19.3 Å². The second-order valence-electron chi connectivity index (χ2n) is 19.5. The molecule has 9 heteroatoms. The van der Waals surface area contributed by atoms with Crippen molar-refractivity contribution in [1.29, 1.82) is 0 Å². The van der Waals surface area contributed by atoms with E-state index in [4.69, 9.17) is 19.9 Å². The first-order chi connectivity index (χ1) is 32.8. The van der Waals surface area contributed by atoms with Crippen LogP contribution >= 0.6 is 15.9 Å². The fourth-order valence-corrected chi connectivity index (χ4v) is 8.23. The van der Waals surface area contributed by atoms with Crippen molar-refractivity contribution in [3.8, 4) is 0 Å². The Morgan fingerprint density at radius 2 is 0.627 bits per heavy atom. The predicted octanol–water partition coefficient (Wildman–Crippen LogP) is 17.7. The molecule has 0 bridgehead atoms. The van der Waals surface area contributed by atoms with Crippen LogP contribution in [0.3, 0.4) is 0 Å². The number of nitrogens with zero attached hydrogens (tertiary/aromatic N) is 1. The number of halogens is 1. The fourth-order valence-electron chi connectivity index (χ4n) is 8.07. The first kappa shape index (κ1) is 70.1. The fraction of sp³-hybridized carbons (Fsp3) is 0.948. The summed E-state index contributed by atoms with van der Waals surface area (Å²) in [5.74, 6) is -0.335. The molecule has 0 aliphatic rings. The van der Waals surface area contributed by atoms with Gasteiger partial charge in [0.15, 0.2) is 0 Å². The molecule has 0 fully saturated rings. The summed E-state index contributed by atoms with van der Waals surface area (Å²) in [6, 6.07) is 0. The van der Waals surface area contributed by atoms with Gasteiger partial charge in [-0.15, -0.1) is 0 Å². The normalized spacial score (nSPS) is 10.9. The Balaban J connectivity index is -0.00000134. The van der Waals surface area contributed by atoms with Crippen LogP contribution in [0.2, 0.25) is 0 Å². The predicted molar refractivity (Wildman–Crippen MR) is 294 cm³/mol. The first-order valence-corrected chi connectivity index (χ1v) is 30.4. The maximum atomic E-state index is 12.1. The summed E-state index contributed by atoms with van der Waals surface area (Å²) in [5, 5.41) is 0.311. The Bertz CT molecular complexity index is 952. The summed E-state index contributed by atoms with van der Waals surface area (Å²) in [7, 11) is 1.97. The molecular weight excluding hydrogens is 901 g/mol. The second-order valence-corrected chi connectivity index (χ2v) is 20.1. The highest BCUT2D eigenvalue weighted by atomic mass is 79.9. The molecule has 0 unspecified atom stereocenters. The van der Waals surface area contributed by atoms with Crippen LogP contribution in [0.1, 0.15) is 304 Å². The van der Waals surface area contributed by atoms with Gasteiger partial charge in [-0.2, -0.15) is 0 Å². The molecule has 0 radical (unpaired) electrons. The molecule has 0 heterocycles. The highest BCUT2D eigenvalue weighted by molar-refractivity contribution is 9.09. The van der Waals surface area contributed by atoms with Gasteiger partial charge in [0, 0.05) is 6.42 Å². The minimum absolute atomic E-state index is 0.0622. The Kier molecular flexibility index (Phi) is 67.8. The summed E-state index contributed by atoms with van der Waals surface area (Å²) in [6.45, 7) is 12.7. The van der Waals surface area contributed by atoms with E-state index >= 15 is 0 Å². The van der Waals surface area contributed by atoms with Crippen LogP contribution in [-0.2, 0) is 28.6 Å². The number of hydrogen-bond donors (Lipinski definition) is 1. The monoisotopic (exact) mass is 1020 g/mol. The van der Waals surface area contributed by atoms with Crippen molar-refractivity contribution in [3.63, 3.8) is 0 Å². The molecule has 0 rings (SSSR count). The molecule has 0 aliphatic carbocycles. The average molecular weight is 1020 g/mol. The summed E-state index contributed by atoms with van der Waals surface area (Å²) in [5.41, 5.74) is 5.21. The molecular formula is C58H117BrN2O6. The minimum Gasteiger partial charge on any atom is -0.466 e. The van der Waals surface area contributed by atoms with Gasteiger partial charge in [0.2, 0.25) is 0 Å². The molecule has 0 spiro atoms. The van der Waals surface area contributed by atoms with E-state index in [0.717, 1.165) is 64.5 Å². The number of carbonyl (C=O) groups excluding carboxylic acids is 3. The minimum atomic E-state index is -0.150. The number of unbranched alkanes of at least 4 members (excludes halogenated alkanes) is 37. The lowest BCUT2D eigenvalue weighted by Crippen LogP contribution is -2.28. The number of nitrogens with two attached hydrogens (primary N) is 1. The van der Waals surface area contributed by atoms with E-state index in [0.29, 0.717) is 38.1 Å². The van der Waals surface area contributed by atoms with Gasteiger partial charge in [0.05, 0.1) is 26.4 Å². The van der Waals surface area contributed by atoms with E-state index in [1.807, 2.05) is 11.9 Å². The van der Waals surface area contributed by atoms with Crippen LogP contribution in [0.4, 0.5) is 0 Å². The smallest absolute Gasteiger partial charge is 0.320 e. The molecule has 0 saturated heterocycles. The molecule has 0 aromatic rings.